The lowest BCUT2D eigenvalue weighted by molar-refractivity contribution is 0.145. The summed E-state index contributed by atoms with van der Waals surface area (Å²) in [4.78, 5) is 0. The zero-order chi connectivity index (χ0) is 10.8. The first kappa shape index (κ1) is 10.0. The lowest BCUT2D eigenvalue weighted by atomic mass is 10.3. The maximum absolute atomic E-state index is 12.4. The third-order valence-electron chi connectivity index (χ3n) is 2.07. The highest BCUT2D eigenvalue weighted by Crippen LogP contribution is 2.19. The highest BCUT2D eigenvalue weighted by molar-refractivity contribution is 5.48. The van der Waals surface area contributed by atoms with E-state index in [0.29, 0.717) is 12.1 Å². The molecular formula is C10H10F2N2O. The van der Waals surface area contributed by atoms with E-state index in [1.54, 1.807) is 19.4 Å². The molecule has 0 saturated heterocycles. The molecule has 0 atom stereocenters. The molecule has 0 amide bonds. The number of rotatable bonds is 3. The second-order valence-corrected chi connectivity index (χ2v) is 3.21. The van der Waals surface area contributed by atoms with E-state index in [1.165, 1.54) is 10.6 Å². The van der Waals surface area contributed by atoms with Gasteiger partial charge in [0.1, 0.15) is 5.69 Å². The second-order valence-electron chi connectivity index (χ2n) is 3.21. The van der Waals surface area contributed by atoms with Crippen LogP contribution in [0.5, 0.6) is 0 Å². The number of halogens is 2. The smallest absolute Gasteiger partial charge is 0.282 e. The van der Waals surface area contributed by atoms with Gasteiger partial charge in [-0.25, -0.2) is 13.3 Å². The van der Waals surface area contributed by atoms with E-state index in [2.05, 4.69) is 5.10 Å². The Labute approximate surface area is 85.3 Å². The van der Waals surface area contributed by atoms with E-state index in [0.717, 1.165) is 5.56 Å². The van der Waals surface area contributed by atoms with Crippen molar-refractivity contribution in [2.75, 3.05) is 7.11 Å². The quantitative estimate of drug-likeness (QED) is 0.781. The lowest BCUT2D eigenvalue weighted by Crippen LogP contribution is -1.93. The van der Waals surface area contributed by atoms with Crippen molar-refractivity contribution < 1.29 is 13.5 Å². The van der Waals surface area contributed by atoms with Crippen LogP contribution in [0.3, 0.4) is 0 Å². The summed E-state index contributed by atoms with van der Waals surface area (Å²) in [6.07, 6.45) is -0.846. The fourth-order valence-electron chi connectivity index (χ4n) is 1.41. The molecular weight excluding hydrogens is 202 g/mol. The van der Waals surface area contributed by atoms with E-state index in [9.17, 15) is 8.78 Å². The van der Waals surface area contributed by atoms with E-state index in [4.69, 9.17) is 4.74 Å². The normalized spacial score (nSPS) is 11.5. The van der Waals surface area contributed by atoms with Crippen molar-refractivity contribution in [2.45, 2.75) is 13.0 Å². The number of nitrogens with zero attached hydrogens (tertiary/aromatic N) is 2. The molecule has 0 aliphatic heterocycles. The summed E-state index contributed by atoms with van der Waals surface area (Å²) in [5.41, 5.74) is 1.35. The molecule has 0 radical (unpaired) electrons. The number of pyridine rings is 1. The van der Waals surface area contributed by atoms with Gasteiger partial charge in [0.15, 0.2) is 0 Å². The van der Waals surface area contributed by atoms with Crippen LogP contribution in [-0.2, 0) is 11.3 Å². The first-order chi connectivity index (χ1) is 7.20. The van der Waals surface area contributed by atoms with Crippen molar-refractivity contribution in [3.63, 3.8) is 0 Å². The summed E-state index contributed by atoms with van der Waals surface area (Å²) in [7, 11) is 1.58. The minimum atomic E-state index is -2.53. The zero-order valence-corrected chi connectivity index (χ0v) is 8.15. The van der Waals surface area contributed by atoms with Gasteiger partial charge in [0.2, 0.25) is 0 Å². The summed E-state index contributed by atoms with van der Waals surface area (Å²) in [6.45, 7) is 0.444. The van der Waals surface area contributed by atoms with Crippen molar-refractivity contribution in [1.82, 2.24) is 9.61 Å². The van der Waals surface area contributed by atoms with Gasteiger partial charge in [-0.05, 0) is 17.7 Å². The van der Waals surface area contributed by atoms with Gasteiger partial charge in [0.25, 0.3) is 6.43 Å². The van der Waals surface area contributed by atoms with Crippen molar-refractivity contribution >= 4 is 5.52 Å². The fraction of sp³-hybridized carbons (Fsp3) is 0.300. The highest BCUT2D eigenvalue weighted by Gasteiger charge is 2.11. The zero-order valence-electron chi connectivity index (χ0n) is 8.15. The topological polar surface area (TPSA) is 26.5 Å². The third kappa shape index (κ3) is 1.97. The Morgan fingerprint density at radius 2 is 2.27 bits per heavy atom. The summed E-state index contributed by atoms with van der Waals surface area (Å²) in [6, 6.07) is 4.95. The van der Waals surface area contributed by atoms with Crippen LogP contribution < -0.4 is 0 Å². The minimum absolute atomic E-state index is 0.204. The lowest BCUT2D eigenvalue weighted by Gasteiger charge is -1.99. The third-order valence-corrected chi connectivity index (χ3v) is 2.07. The molecule has 0 fully saturated rings. The van der Waals surface area contributed by atoms with Gasteiger partial charge in [0.05, 0.1) is 12.1 Å². The van der Waals surface area contributed by atoms with Gasteiger partial charge >= 0.3 is 0 Å². The molecule has 0 N–H and O–H groups in total. The van der Waals surface area contributed by atoms with Crippen molar-refractivity contribution in [2.24, 2.45) is 0 Å². The molecule has 2 aromatic heterocycles. The van der Waals surface area contributed by atoms with Gasteiger partial charge in [-0.3, -0.25) is 0 Å². The van der Waals surface area contributed by atoms with E-state index in [-0.39, 0.29) is 5.69 Å². The largest absolute Gasteiger partial charge is 0.380 e. The number of alkyl halides is 2. The van der Waals surface area contributed by atoms with Crippen molar-refractivity contribution in [3.8, 4) is 0 Å². The van der Waals surface area contributed by atoms with Crippen LogP contribution in [-0.4, -0.2) is 16.7 Å². The number of methoxy groups -OCH3 is 1. The van der Waals surface area contributed by atoms with Crippen LogP contribution in [0, 0.1) is 0 Å². The Morgan fingerprint density at radius 3 is 2.93 bits per heavy atom. The van der Waals surface area contributed by atoms with Crippen LogP contribution in [0.15, 0.2) is 24.4 Å². The molecule has 5 heteroatoms. The average Bonchev–Trinajstić information content (AvgIpc) is 2.61. The first-order valence-corrected chi connectivity index (χ1v) is 4.46. The number of hydrogen-bond acceptors (Lipinski definition) is 2. The Morgan fingerprint density at radius 1 is 1.47 bits per heavy atom. The maximum Gasteiger partial charge on any atom is 0.282 e. The summed E-state index contributed by atoms with van der Waals surface area (Å²) in [5.74, 6) is 0. The molecule has 0 spiro atoms. The average molecular weight is 212 g/mol. The highest BCUT2D eigenvalue weighted by atomic mass is 19.3. The molecule has 2 aromatic rings. The molecule has 0 aliphatic carbocycles. The molecule has 0 unspecified atom stereocenters. The van der Waals surface area contributed by atoms with Gasteiger partial charge in [-0.1, -0.05) is 6.07 Å². The molecule has 3 nitrogen and oxygen atoms in total. The van der Waals surface area contributed by atoms with Gasteiger partial charge in [-0.2, -0.15) is 5.10 Å². The number of fused-ring (bicyclic) bond motifs is 1. The number of ether oxygens (including phenoxy) is 1. The molecule has 2 heterocycles. The summed E-state index contributed by atoms with van der Waals surface area (Å²) >= 11 is 0. The molecule has 80 valence electrons. The van der Waals surface area contributed by atoms with Crippen molar-refractivity contribution in [3.05, 3.63) is 35.7 Å². The predicted molar refractivity (Wildman–Crippen MR) is 50.9 cm³/mol. The van der Waals surface area contributed by atoms with Gasteiger partial charge in [-0.15, -0.1) is 0 Å². The first-order valence-electron chi connectivity index (χ1n) is 4.46. The second kappa shape index (κ2) is 3.94. The summed E-state index contributed by atoms with van der Waals surface area (Å²) < 4.78 is 31.1. The Kier molecular flexibility index (Phi) is 2.64. The Hall–Kier alpha value is -1.49. The number of aromatic nitrogens is 2. The van der Waals surface area contributed by atoms with Crippen molar-refractivity contribution in [1.29, 1.82) is 0 Å². The van der Waals surface area contributed by atoms with Crippen LogP contribution in [0.1, 0.15) is 17.7 Å². The molecule has 2 rings (SSSR count). The SMILES string of the molecule is COCc1ccc2cc(C(F)F)nn2c1. The van der Waals surface area contributed by atoms with E-state index >= 15 is 0 Å². The standard InChI is InChI=1S/C10H10F2N2O/c1-15-6-7-2-3-8-4-9(10(11)12)13-14(8)5-7/h2-5,10H,6H2,1H3. The van der Waals surface area contributed by atoms with Gasteiger partial charge < -0.3 is 4.74 Å². The Balaban J connectivity index is 2.43. The van der Waals surface area contributed by atoms with Crippen LogP contribution in [0.2, 0.25) is 0 Å². The number of hydrogen-bond donors (Lipinski definition) is 0. The van der Waals surface area contributed by atoms with E-state index in [1.807, 2.05) is 6.07 Å². The van der Waals surface area contributed by atoms with Gasteiger partial charge in [0, 0.05) is 13.3 Å². The molecule has 15 heavy (non-hydrogen) atoms. The molecule has 0 bridgehead atoms. The van der Waals surface area contributed by atoms with Crippen LogP contribution >= 0.6 is 0 Å². The van der Waals surface area contributed by atoms with Crippen LogP contribution in [0.4, 0.5) is 8.78 Å². The molecule has 0 aromatic carbocycles. The predicted octanol–water partition coefficient (Wildman–Crippen LogP) is 2.42. The molecule has 0 saturated carbocycles. The molecule has 0 aliphatic rings. The van der Waals surface area contributed by atoms with E-state index < -0.39 is 6.43 Å². The monoisotopic (exact) mass is 212 g/mol. The fourth-order valence-corrected chi connectivity index (χ4v) is 1.41. The maximum atomic E-state index is 12.4. The van der Waals surface area contributed by atoms with Crippen LogP contribution in [0.25, 0.3) is 5.52 Å². The Bertz CT molecular complexity index is 467. The minimum Gasteiger partial charge on any atom is -0.380 e. The summed E-state index contributed by atoms with van der Waals surface area (Å²) in [5, 5.41) is 3.77.